The fourth-order valence-electron chi connectivity index (χ4n) is 3.56. The highest BCUT2D eigenvalue weighted by atomic mass is 16.5. The molecule has 3 N–H and O–H groups in total. The quantitative estimate of drug-likeness (QED) is 0.830. The molecule has 0 spiro atoms. The van der Waals surface area contributed by atoms with Crippen LogP contribution in [0.5, 0.6) is 0 Å². The van der Waals surface area contributed by atoms with Crippen LogP contribution in [-0.2, 0) is 11.3 Å². The number of aryl methyl sites for hydroxylation is 1. The van der Waals surface area contributed by atoms with Crippen molar-refractivity contribution in [2.75, 3.05) is 32.0 Å². The first-order valence-corrected chi connectivity index (χ1v) is 9.39. The molecule has 1 unspecified atom stereocenters. The van der Waals surface area contributed by atoms with Crippen LogP contribution in [0, 0.1) is 12.8 Å². The molecule has 1 aromatic carbocycles. The zero-order chi connectivity index (χ0) is 19.6. The number of H-pyrrole nitrogens is 1. The van der Waals surface area contributed by atoms with Crippen LogP contribution in [-0.4, -0.2) is 40.8 Å². The van der Waals surface area contributed by atoms with Gasteiger partial charge in [-0.25, -0.2) is 4.79 Å². The number of nitrogen functional groups attached to an aromatic ring is 1. The Labute approximate surface area is 158 Å². The minimum atomic E-state index is -0.459. The Morgan fingerprint density at radius 2 is 1.78 bits per heavy atom. The van der Waals surface area contributed by atoms with Crippen molar-refractivity contribution in [3.05, 3.63) is 61.8 Å². The maximum atomic E-state index is 12.8. The van der Waals surface area contributed by atoms with E-state index in [1.54, 1.807) is 0 Å². The zero-order valence-electron chi connectivity index (χ0n) is 16.2. The molecule has 2 aromatic rings. The van der Waals surface area contributed by atoms with Gasteiger partial charge in [-0.3, -0.25) is 19.2 Å². The van der Waals surface area contributed by atoms with Crippen molar-refractivity contribution in [1.29, 1.82) is 0 Å². The van der Waals surface area contributed by atoms with Crippen LogP contribution < -0.4 is 17.0 Å². The molecular weight excluding hydrogens is 344 g/mol. The fourth-order valence-corrected chi connectivity index (χ4v) is 3.56. The number of nitrogens with zero attached hydrogens (tertiary/aromatic N) is 2. The van der Waals surface area contributed by atoms with Gasteiger partial charge in [0.05, 0.1) is 24.8 Å². The number of morpholine rings is 1. The first-order valence-electron chi connectivity index (χ1n) is 9.39. The molecule has 7 nitrogen and oxygen atoms in total. The molecule has 3 rings (SSSR count). The number of anilines is 1. The summed E-state index contributed by atoms with van der Waals surface area (Å²) in [4.78, 5) is 29.8. The summed E-state index contributed by atoms with van der Waals surface area (Å²) < 4.78 is 6.96. The molecule has 27 heavy (non-hydrogen) atoms. The van der Waals surface area contributed by atoms with Gasteiger partial charge in [-0.1, -0.05) is 43.7 Å². The number of aromatic amines is 1. The number of aromatic nitrogens is 2. The highest BCUT2D eigenvalue weighted by Crippen LogP contribution is 2.30. The molecule has 1 atom stereocenters. The number of benzene rings is 1. The molecule has 1 aromatic heterocycles. The van der Waals surface area contributed by atoms with Crippen molar-refractivity contribution in [1.82, 2.24) is 14.5 Å². The topological polar surface area (TPSA) is 93.3 Å². The summed E-state index contributed by atoms with van der Waals surface area (Å²) in [7, 11) is 0. The summed E-state index contributed by atoms with van der Waals surface area (Å²) in [5, 5.41) is 0. The average molecular weight is 372 g/mol. The van der Waals surface area contributed by atoms with Crippen molar-refractivity contribution in [2.45, 2.75) is 33.4 Å². The second-order valence-corrected chi connectivity index (χ2v) is 7.52. The second-order valence-electron chi connectivity index (χ2n) is 7.52. The maximum absolute atomic E-state index is 12.8. The number of hydrogen-bond donors (Lipinski definition) is 2. The van der Waals surface area contributed by atoms with E-state index < -0.39 is 11.2 Å². The summed E-state index contributed by atoms with van der Waals surface area (Å²) >= 11 is 0. The molecule has 7 heteroatoms. The van der Waals surface area contributed by atoms with Gasteiger partial charge in [-0.2, -0.15) is 0 Å². The minimum absolute atomic E-state index is 0.227. The predicted octanol–water partition coefficient (Wildman–Crippen LogP) is 1.50. The maximum Gasteiger partial charge on any atom is 0.329 e. The molecule has 0 aliphatic carbocycles. The molecule has 146 valence electrons. The van der Waals surface area contributed by atoms with Gasteiger partial charge in [0, 0.05) is 19.6 Å². The van der Waals surface area contributed by atoms with Crippen molar-refractivity contribution in [3.63, 3.8) is 0 Å². The zero-order valence-corrected chi connectivity index (χ0v) is 16.2. The van der Waals surface area contributed by atoms with Crippen LogP contribution in [0.3, 0.4) is 0 Å². The van der Waals surface area contributed by atoms with Gasteiger partial charge in [-0.05, 0) is 18.4 Å². The minimum Gasteiger partial charge on any atom is -0.385 e. The fraction of sp³-hybridized carbons (Fsp3) is 0.500. The van der Waals surface area contributed by atoms with E-state index in [1.807, 2.05) is 45.0 Å². The van der Waals surface area contributed by atoms with Gasteiger partial charge in [0.25, 0.3) is 5.56 Å². The van der Waals surface area contributed by atoms with Crippen LogP contribution in [0.1, 0.15) is 36.6 Å². The Bertz CT molecular complexity index is 893. The number of hydrogen-bond acceptors (Lipinski definition) is 5. The van der Waals surface area contributed by atoms with E-state index >= 15 is 0 Å². The molecule has 1 saturated heterocycles. The van der Waals surface area contributed by atoms with Gasteiger partial charge in [0.2, 0.25) is 0 Å². The van der Waals surface area contributed by atoms with E-state index in [-0.39, 0.29) is 17.8 Å². The van der Waals surface area contributed by atoms with Crippen LogP contribution in [0.2, 0.25) is 0 Å². The van der Waals surface area contributed by atoms with E-state index in [1.165, 1.54) is 4.57 Å². The highest BCUT2D eigenvalue weighted by Gasteiger charge is 2.30. The third kappa shape index (κ3) is 4.14. The molecule has 0 radical (unpaired) electrons. The largest absolute Gasteiger partial charge is 0.385 e. The Kier molecular flexibility index (Phi) is 5.82. The third-order valence-electron chi connectivity index (χ3n) is 4.90. The third-order valence-corrected chi connectivity index (χ3v) is 4.90. The summed E-state index contributed by atoms with van der Waals surface area (Å²) in [6.07, 6.45) is 0. The molecule has 0 saturated carbocycles. The Hall–Kier alpha value is -2.38. The first kappa shape index (κ1) is 19.4. The number of nitrogens with one attached hydrogen (secondary N) is 1. The summed E-state index contributed by atoms with van der Waals surface area (Å²) in [5.41, 5.74) is 8.07. The molecular formula is C20H28N4O3. The Balaban J connectivity index is 2.18. The predicted molar refractivity (Wildman–Crippen MR) is 106 cm³/mol. The Morgan fingerprint density at radius 1 is 1.15 bits per heavy atom. The van der Waals surface area contributed by atoms with Crippen molar-refractivity contribution < 1.29 is 4.74 Å². The molecule has 2 heterocycles. The van der Waals surface area contributed by atoms with Gasteiger partial charge in [0.15, 0.2) is 0 Å². The summed E-state index contributed by atoms with van der Waals surface area (Å²) in [6, 6.07) is 7.77. The monoisotopic (exact) mass is 372 g/mol. The summed E-state index contributed by atoms with van der Waals surface area (Å²) in [6.45, 7) is 9.10. The van der Waals surface area contributed by atoms with E-state index in [0.29, 0.717) is 38.4 Å². The van der Waals surface area contributed by atoms with E-state index in [9.17, 15) is 9.59 Å². The van der Waals surface area contributed by atoms with E-state index in [4.69, 9.17) is 10.5 Å². The van der Waals surface area contributed by atoms with Crippen LogP contribution in [0.4, 0.5) is 5.82 Å². The Morgan fingerprint density at radius 3 is 2.37 bits per heavy atom. The summed E-state index contributed by atoms with van der Waals surface area (Å²) in [5.74, 6) is 0.472. The van der Waals surface area contributed by atoms with E-state index in [2.05, 4.69) is 9.88 Å². The second kappa shape index (κ2) is 8.10. The normalized spacial score (nSPS) is 16.6. The lowest BCUT2D eigenvalue weighted by Gasteiger charge is -2.35. The van der Waals surface area contributed by atoms with Crippen LogP contribution >= 0.6 is 0 Å². The van der Waals surface area contributed by atoms with E-state index in [0.717, 1.165) is 11.1 Å². The van der Waals surface area contributed by atoms with Crippen molar-refractivity contribution in [3.8, 4) is 0 Å². The highest BCUT2D eigenvalue weighted by molar-refractivity contribution is 5.46. The van der Waals surface area contributed by atoms with Gasteiger partial charge < -0.3 is 10.5 Å². The first-order chi connectivity index (χ1) is 12.9. The number of nitrogens with two attached hydrogens (primary N) is 1. The number of rotatable bonds is 5. The standard InChI is InChI=1S/C20H28N4O3/c1-13(2)12-24-18(21)16(19(25)22-20(24)26)17(23-8-10-27-11-9-23)15-6-4-14(3)5-7-15/h4-7,13,17H,8-12,21H2,1-3H3,(H,22,25,26). The van der Waals surface area contributed by atoms with Gasteiger partial charge in [-0.15, -0.1) is 0 Å². The molecule has 1 aliphatic heterocycles. The van der Waals surface area contributed by atoms with Crippen molar-refractivity contribution >= 4 is 5.82 Å². The lowest BCUT2D eigenvalue weighted by atomic mass is 9.96. The number of ether oxygens (including phenoxy) is 1. The molecule has 1 fully saturated rings. The van der Waals surface area contributed by atoms with Crippen molar-refractivity contribution in [2.24, 2.45) is 5.92 Å². The lowest BCUT2D eigenvalue weighted by Crippen LogP contribution is -2.44. The molecule has 1 aliphatic rings. The molecule has 0 bridgehead atoms. The smallest absolute Gasteiger partial charge is 0.329 e. The van der Waals surface area contributed by atoms with Crippen LogP contribution in [0.25, 0.3) is 0 Å². The lowest BCUT2D eigenvalue weighted by molar-refractivity contribution is 0.0237. The van der Waals surface area contributed by atoms with Crippen LogP contribution in [0.15, 0.2) is 33.9 Å². The SMILES string of the molecule is Cc1ccc(C(c2c(N)n(CC(C)C)c(=O)[nH]c2=O)N2CCOCC2)cc1. The molecule has 0 amide bonds. The van der Waals surface area contributed by atoms with Gasteiger partial charge in [0.1, 0.15) is 5.82 Å². The average Bonchev–Trinajstić information content (AvgIpc) is 2.64. The van der Waals surface area contributed by atoms with Gasteiger partial charge >= 0.3 is 5.69 Å².